The number of nitrogens with one attached hydrogen (secondary N) is 1. The lowest BCUT2D eigenvalue weighted by Gasteiger charge is -2.15. The van der Waals surface area contributed by atoms with E-state index in [2.05, 4.69) is 16.2 Å². The van der Waals surface area contributed by atoms with Crippen LogP contribution in [0.3, 0.4) is 0 Å². The molecule has 0 aliphatic carbocycles. The molecule has 2 aromatic rings. The quantitative estimate of drug-likeness (QED) is 0.888. The number of aromatic nitrogens is 3. The second-order valence-electron chi connectivity index (χ2n) is 5.25. The van der Waals surface area contributed by atoms with E-state index in [1.165, 1.54) is 10.6 Å². The molecule has 0 saturated carbocycles. The Hall–Kier alpha value is -2.29. The van der Waals surface area contributed by atoms with Gasteiger partial charge in [-0.25, -0.2) is 0 Å². The second-order valence-corrected chi connectivity index (χ2v) is 5.25. The molecule has 0 radical (unpaired) electrons. The largest absolute Gasteiger partial charge is 0.478 e. The maximum atomic E-state index is 12.0. The third kappa shape index (κ3) is 2.19. The molecule has 0 atom stereocenters. The lowest BCUT2D eigenvalue weighted by atomic mass is 9.90. The van der Waals surface area contributed by atoms with Crippen LogP contribution in [-0.2, 0) is 5.41 Å². The highest BCUT2D eigenvalue weighted by Crippen LogP contribution is 2.26. The first-order valence-corrected chi connectivity index (χ1v) is 6.07. The summed E-state index contributed by atoms with van der Waals surface area (Å²) in [5.41, 5.74) is 0.806. The van der Waals surface area contributed by atoms with Crippen molar-refractivity contribution in [2.24, 2.45) is 0 Å². The maximum Gasteiger partial charge on any atom is 0.276 e. The highest BCUT2D eigenvalue weighted by molar-refractivity contribution is 5.59. The number of rotatable bonds is 2. The summed E-state index contributed by atoms with van der Waals surface area (Å²) >= 11 is 0. The topological polar surface area (TPSA) is 83.2 Å². The summed E-state index contributed by atoms with van der Waals surface area (Å²) in [7, 11) is 0. The van der Waals surface area contributed by atoms with Crippen molar-refractivity contribution in [2.45, 2.75) is 33.1 Å². The minimum absolute atomic E-state index is 0.239. The van der Waals surface area contributed by atoms with E-state index in [-0.39, 0.29) is 16.9 Å². The summed E-state index contributed by atoms with van der Waals surface area (Å²) in [6.07, 6.45) is 0. The third-order valence-corrected chi connectivity index (χ3v) is 2.75. The molecule has 6 heteroatoms. The predicted molar refractivity (Wildman–Crippen MR) is 70.4 cm³/mol. The van der Waals surface area contributed by atoms with Crippen molar-refractivity contribution in [2.75, 3.05) is 6.61 Å². The van der Waals surface area contributed by atoms with Crippen LogP contribution in [-0.4, -0.2) is 21.2 Å². The molecular formula is C13H16N4O2. The SMILES string of the molecule is CCOc1cc(=O)n2[nH]c(C(C)(C)C)c(C#N)c2n1. The smallest absolute Gasteiger partial charge is 0.276 e. The summed E-state index contributed by atoms with van der Waals surface area (Å²) in [6.45, 7) is 8.13. The van der Waals surface area contributed by atoms with Crippen LogP contribution >= 0.6 is 0 Å². The molecule has 6 nitrogen and oxygen atoms in total. The Morgan fingerprint density at radius 3 is 2.74 bits per heavy atom. The number of hydrogen-bond donors (Lipinski definition) is 1. The van der Waals surface area contributed by atoms with E-state index in [0.717, 1.165) is 0 Å². The van der Waals surface area contributed by atoms with Crippen LogP contribution < -0.4 is 10.3 Å². The zero-order valence-electron chi connectivity index (χ0n) is 11.4. The zero-order valence-corrected chi connectivity index (χ0v) is 11.4. The van der Waals surface area contributed by atoms with Gasteiger partial charge in [-0.05, 0) is 6.92 Å². The molecular weight excluding hydrogens is 244 g/mol. The Labute approximate surface area is 110 Å². The van der Waals surface area contributed by atoms with Gasteiger partial charge < -0.3 is 4.74 Å². The van der Waals surface area contributed by atoms with Crippen molar-refractivity contribution in [3.63, 3.8) is 0 Å². The fraction of sp³-hybridized carbons (Fsp3) is 0.462. The first-order valence-electron chi connectivity index (χ1n) is 6.07. The first-order chi connectivity index (χ1) is 8.88. The Morgan fingerprint density at radius 2 is 2.21 bits per heavy atom. The minimum atomic E-state index is -0.291. The van der Waals surface area contributed by atoms with Gasteiger partial charge in [-0.1, -0.05) is 20.8 Å². The molecule has 0 unspecified atom stereocenters. The molecule has 100 valence electrons. The van der Waals surface area contributed by atoms with Crippen molar-refractivity contribution >= 4 is 5.65 Å². The average Bonchev–Trinajstić information content (AvgIpc) is 2.68. The molecule has 0 spiro atoms. The fourth-order valence-electron chi connectivity index (χ4n) is 1.89. The number of nitrogens with zero attached hydrogens (tertiary/aromatic N) is 3. The maximum absolute atomic E-state index is 12.0. The van der Waals surface area contributed by atoms with Gasteiger partial charge in [0.25, 0.3) is 5.56 Å². The van der Waals surface area contributed by atoms with Crippen LogP contribution in [0.15, 0.2) is 10.9 Å². The van der Waals surface area contributed by atoms with Gasteiger partial charge in [-0.3, -0.25) is 9.89 Å². The molecule has 0 aromatic carbocycles. The van der Waals surface area contributed by atoms with Gasteiger partial charge in [-0.15, -0.1) is 0 Å². The number of hydrogen-bond acceptors (Lipinski definition) is 4. The molecule has 1 N–H and O–H groups in total. The molecule has 0 fully saturated rings. The van der Waals surface area contributed by atoms with Crippen LogP contribution in [0.25, 0.3) is 5.65 Å². The van der Waals surface area contributed by atoms with E-state index in [1.54, 1.807) is 0 Å². The second kappa shape index (κ2) is 4.43. The van der Waals surface area contributed by atoms with Crippen molar-refractivity contribution in [3.8, 4) is 11.9 Å². The average molecular weight is 260 g/mol. The molecule has 2 rings (SSSR count). The van der Waals surface area contributed by atoms with Crippen LogP contribution in [0.5, 0.6) is 5.88 Å². The highest BCUT2D eigenvalue weighted by atomic mass is 16.5. The molecule has 0 aliphatic heterocycles. The molecule has 2 heterocycles. The van der Waals surface area contributed by atoms with E-state index in [1.807, 2.05) is 27.7 Å². The lowest BCUT2D eigenvalue weighted by Crippen LogP contribution is -2.17. The van der Waals surface area contributed by atoms with Gasteiger partial charge in [0.15, 0.2) is 5.65 Å². The van der Waals surface area contributed by atoms with E-state index in [0.29, 0.717) is 23.5 Å². The van der Waals surface area contributed by atoms with Crippen LogP contribution in [0.2, 0.25) is 0 Å². The predicted octanol–water partition coefficient (Wildman–Crippen LogP) is 1.59. The van der Waals surface area contributed by atoms with Gasteiger partial charge in [0.05, 0.1) is 18.4 Å². The molecule has 19 heavy (non-hydrogen) atoms. The molecule has 0 saturated heterocycles. The Kier molecular flexibility index (Phi) is 3.06. The summed E-state index contributed by atoms with van der Waals surface area (Å²) in [5.74, 6) is 0.239. The van der Waals surface area contributed by atoms with Gasteiger partial charge in [0.2, 0.25) is 5.88 Å². The van der Waals surface area contributed by atoms with Gasteiger partial charge >= 0.3 is 0 Å². The van der Waals surface area contributed by atoms with Gasteiger partial charge in [0.1, 0.15) is 11.6 Å². The first kappa shape index (κ1) is 13.1. The van der Waals surface area contributed by atoms with E-state index in [4.69, 9.17) is 4.74 Å². The summed E-state index contributed by atoms with van der Waals surface area (Å²) in [4.78, 5) is 16.2. The normalized spacial score (nSPS) is 11.5. The number of fused-ring (bicyclic) bond motifs is 1. The summed E-state index contributed by atoms with van der Waals surface area (Å²) in [5, 5.41) is 12.3. The van der Waals surface area contributed by atoms with Crippen LogP contribution in [0.1, 0.15) is 39.0 Å². The summed E-state index contributed by atoms with van der Waals surface area (Å²) in [6, 6.07) is 3.42. The van der Waals surface area contributed by atoms with Crippen LogP contribution in [0.4, 0.5) is 0 Å². The molecule has 0 amide bonds. The minimum Gasteiger partial charge on any atom is -0.478 e. The third-order valence-electron chi connectivity index (χ3n) is 2.75. The highest BCUT2D eigenvalue weighted by Gasteiger charge is 2.24. The van der Waals surface area contributed by atoms with Crippen molar-refractivity contribution in [1.82, 2.24) is 14.6 Å². The fourth-order valence-corrected chi connectivity index (χ4v) is 1.89. The molecule has 2 aromatic heterocycles. The van der Waals surface area contributed by atoms with E-state index in [9.17, 15) is 10.1 Å². The lowest BCUT2D eigenvalue weighted by molar-refractivity contribution is 0.326. The standard InChI is InChI=1S/C13H16N4O2/c1-5-19-9-6-10(18)17-12(15-9)8(7-14)11(16-17)13(2,3)4/h6,16H,5H2,1-4H3. The van der Waals surface area contributed by atoms with Gasteiger partial charge in [0, 0.05) is 5.41 Å². The molecule has 0 aliphatic rings. The van der Waals surface area contributed by atoms with Crippen LogP contribution in [0, 0.1) is 11.3 Å². The number of ether oxygens (including phenoxy) is 1. The number of nitriles is 1. The summed E-state index contributed by atoms with van der Waals surface area (Å²) < 4.78 is 6.52. The molecule has 0 bridgehead atoms. The van der Waals surface area contributed by atoms with Crippen molar-refractivity contribution in [1.29, 1.82) is 5.26 Å². The van der Waals surface area contributed by atoms with Gasteiger partial charge in [-0.2, -0.15) is 14.8 Å². The number of H-pyrrole nitrogens is 1. The zero-order chi connectivity index (χ0) is 14.2. The van der Waals surface area contributed by atoms with E-state index >= 15 is 0 Å². The monoisotopic (exact) mass is 260 g/mol. The Bertz CT molecular complexity index is 713. The number of aromatic amines is 1. The van der Waals surface area contributed by atoms with E-state index < -0.39 is 0 Å². The Morgan fingerprint density at radius 1 is 1.53 bits per heavy atom. The van der Waals surface area contributed by atoms with Crippen molar-refractivity contribution in [3.05, 3.63) is 27.7 Å². The van der Waals surface area contributed by atoms with Crippen molar-refractivity contribution < 1.29 is 4.74 Å². The Balaban J connectivity index is 2.82.